The van der Waals surface area contributed by atoms with Crippen LogP contribution in [0.5, 0.6) is 0 Å². The van der Waals surface area contributed by atoms with E-state index >= 15 is 0 Å². The number of hydrogen-bond donors (Lipinski definition) is 3. The second kappa shape index (κ2) is 5.41. The number of aromatic carboxylic acids is 1. The van der Waals surface area contributed by atoms with E-state index in [-0.39, 0.29) is 5.69 Å². The maximum Gasteiger partial charge on any atom is 0.337 e. The third-order valence-electron chi connectivity index (χ3n) is 1.86. The van der Waals surface area contributed by atoms with Crippen LogP contribution < -0.4 is 10.7 Å². The Bertz CT molecular complexity index is 492. The standard InChI is InChI=1S/C10H11F2N3O3/c1-15(2)14-10(18)13-8-4-7(12)6(11)3-5(8)9(16)17/h3-4H,1-2H3,(H,16,17)(H2,13,14,18). The molecule has 0 saturated carbocycles. The van der Waals surface area contributed by atoms with Crippen LogP contribution >= 0.6 is 0 Å². The molecule has 98 valence electrons. The molecule has 2 amide bonds. The third kappa shape index (κ3) is 3.39. The average Bonchev–Trinajstić information content (AvgIpc) is 2.21. The van der Waals surface area contributed by atoms with E-state index in [9.17, 15) is 18.4 Å². The predicted octanol–water partition coefficient (Wildman–Crippen LogP) is 1.26. The van der Waals surface area contributed by atoms with Gasteiger partial charge in [0.15, 0.2) is 11.6 Å². The molecular weight excluding hydrogens is 248 g/mol. The summed E-state index contributed by atoms with van der Waals surface area (Å²) in [6.45, 7) is 0. The van der Waals surface area contributed by atoms with Crippen LogP contribution in [0.4, 0.5) is 19.3 Å². The Hall–Kier alpha value is -2.22. The smallest absolute Gasteiger partial charge is 0.337 e. The summed E-state index contributed by atoms with van der Waals surface area (Å²) in [6.07, 6.45) is 0. The largest absolute Gasteiger partial charge is 0.478 e. The van der Waals surface area contributed by atoms with Crippen molar-refractivity contribution in [3.05, 3.63) is 29.3 Å². The summed E-state index contributed by atoms with van der Waals surface area (Å²) in [4.78, 5) is 22.1. The van der Waals surface area contributed by atoms with Crippen LogP contribution in [-0.4, -0.2) is 36.2 Å². The topological polar surface area (TPSA) is 81.7 Å². The van der Waals surface area contributed by atoms with E-state index in [1.807, 2.05) is 0 Å². The number of urea groups is 1. The lowest BCUT2D eigenvalue weighted by Crippen LogP contribution is -2.39. The van der Waals surface area contributed by atoms with E-state index in [4.69, 9.17) is 5.11 Å². The van der Waals surface area contributed by atoms with Crippen molar-refractivity contribution in [2.45, 2.75) is 0 Å². The zero-order valence-electron chi connectivity index (χ0n) is 9.62. The Balaban J connectivity index is 3.04. The number of carboxylic acids is 1. The number of carbonyl (C=O) groups is 2. The van der Waals surface area contributed by atoms with Gasteiger partial charge in [0.1, 0.15) is 0 Å². The first-order valence-electron chi connectivity index (χ1n) is 4.78. The number of carbonyl (C=O) groups excluding carboxylic acids is 1. The summed E-state index contributed by atoms with van der Waals surface area (Å²) in [5.74, 6) is -4.03. The summed E-state index contributed by atoms with van der Waals surface area (Å²) >= 11 is 0. The van der Waals surface area contributed by atoms with E-state index in [0.717, 1.165) is 0 Å². The van der Waals surface area contributed by atoms with Crippen LogP contribution in [0.2, 0.25) is 0 Å². The maximum atomic E-state index is 13.0. The second-order valence-corrected chi connectivity index (χ2v) is 3.58. The quantitative estimate of drug-likeness (QED) is 0.714. The van der Waals surface area contributed by atoms with Crippen LogP contribution in [0.15, 0.2) is 12.1 Å². The van der Waals surface area contributed by atoms with Gasteiger partial charge in [-0.05, 0) is 6.07 Å². The lowest BCUT2D eigenvalue weighted by molar-refractivity contribution is 0.0697. The maximum absolute atomic E-state index is 13.0. The fraction of sp³-hybridized carbons (Fsp3) is 0.200. The van der Waals surface area contributed by atoms with Crippen LogP contribution in [0, 0.1) is 11.6 Å². The van der Waals surface area contributed by atoms with Crippen LogP contribution in [-0.2, 0) is 0 Å². The Morgan fingerprint density at radius 2 is 1.78 bits per heavy atom. The molecule has 0 bridgehead atoms. The van der Waals surface area contributed by atoms with Crippen molar-refractivity contribution in [3.63, 3.8) is 0 Å². The number of rotatable bonds is 3. The summed E-state index contributed by atoms with van der Waals surface area (Å²) in [5.41, 5.74) is 1.39. The molecule has 1 aromatic rings. The van der Waals surface area contributed by atoms with Crippen molar-refractivity contribution >= 4 is 17.7 Å². The van der Waals surface area contributed by atoms with Gasteiger partial charge in [0.2, 0.25) is 0 Å². The Kier molecular flexibility index (Phi) is 4.16. The number of hydrazine groups is 1. The highest BCUT2D eigenvalue weighted by molar-refractivity contribution is 5.99. The van der Waals surface area contributed by atoms with Gasteiger partial charge in [-0.15, -0.1) is 0 Å². The SMILES string of the molecule is CN(C)NC(=O)Nc1cc(F)c(F)cc1C(=O)O. The number of halogens is 2. The van der Waals surface area contributed by atoms with Crippen LogP contribution in [0.3, 0.4) is 0 Å². The molecule has 0 aromatic heterocycles. The summed E-state index contributed by atoms with van der Waals surface area (Å²) in [7, 11) is 3.06. The first kappa shape index (κ1) is 13.8. The van der Waals surface area contributed by atoms with E-state index < -0.39 is 29.2 Å². The minimum absolute atomic E-state index is 0.333. The van der Waals surface area contributed by atoms with Crippen molar-refractivity contribution in [2.75, 3.05) is 19.4 Å². The average molecular weight is 259 g/mol. The Morgan fingerprint density at radius 3 is 2.28 bits per heavy atom. The molecule has 0 aliphatic rings. The zero-order valence-corrected chi connectivity index (χ0v) is 9.62. The number of nitrogens with one attached hydrogen (secondary N) is 2. The first-order valence-corrected chi connectivity index (χ1v) is 4.78. The molecule has 0 heterocycles. The van der Waals surface area contributed by atoms with Gasteiger partial charge in [0, 0.05) is 20.2 Å². The minimum Gasteiger partial charge on any atom is -0.478 e. The van der Waals surface area contributed by atoms with E-state index in [1.165, 1.54) is 19.1 Å². The van der Waals surface area contributed by atoms with Gasteiger partial charge in [-0.1, -0.05) is 0 Å². The number of nitrogens with zero attached hydrogens (tertiary/aromatic N) is 1. The molecule has 0 atom stereocenters. The van der Waals surface area contributed by atoms with E-state index in [0.29, 0.717) is 12.1 Å². The molecule has 0 spiro atoms. The van der Waals surface area contributed by atoms with Gasteiger partial charge in [0.25, 0.3) is 0 Å². The van der Waals surface area contributed by atoms with Crippen molar-refractivity contribution in [1.82, 2.24) is 10.4 Å². The Labute approximate surface area is 101 Å². The fourth-order valence-corrected chi connectivity index (χ4v) is 1.18. The lowest BCUT2D eigenvalue weighted by atomic mass is 10.1. The lowest BCUT2D eigenvalue weighted by Gasteiger charge is -2.14. The first-order chi connectivity index (χ1) is 8.31. The molecule has 3 N–H and O–H groups in total. The predicted molar refractivity (Wildman–Crippen MR) is 59.2 cm³/mol. The summed E-state index contributed by atoms with van der Waals surface area (Å²) in [6, 6.07) is 0.338. The monoisotopic (exact) mass is 259 g/mol. The van der Waals surface area contributed by atoms with Gasteiger partial charge in [-0.25, -0.2) is 23.4 Å². The molecule has 1 aromatic carbocycles. The number of amides is 2. The fourth-order valence-electron chi connectivity index (χ4n) is 1.18. The number of benzene rings is 1. The number of carboxylic acid groups (broad SMARTS) is 1. The Morgan fingerprint density at radius 1 is 1.22 bits per heavy atom. The molecule has 0 unspecified atom stereocenters. The third-order valence-corrected chi connectivity index (χ3v) is 1.86. The zero-order chi connectivity index (χ0) is 13.9. The molecule has 1 rings (SSSR count). The highest BCUT2D eigenvalue weighted by atomic mass is 19.2. The summed E-state index contributed by atoms with van der Waals surface area (Å²) in [5, 5.41) is 12.2. The minimum atomic E-state index is -1.48. The number of anilines is 1. The molecule has 0 aliphatic heterocycles. The molecule has 0 fully saturated rings. The van der Waals surface area contributed by atoms with Crippen molar-refractivity contribution < 1.29 is 23.5 Å². The van der Waals surface area contributed by atoms with Gasteiger partial charge >= 0.3 is 12.0 Å². The molecule has 8 heteroatoms. The molecule has 6 nitrogen and oxygen atoms in total. The van der Waals surface area contributed by atoms with E-state index in [1.54, 1.807) is 0 Å². The number of hydrogen-bond acceptors (Lipinski definition) is 3. The molecule has 18 heavy (non-hydrogen) atoms. The summed E-state index contributed by atoms with van der Waals surface area (Å²) < 4.78 is 25.9. The normalized spacial score (nSPS) is 10.3. The van der Waals surface area contributed by atoms with Gasteiger partial charge < -0.3 is 10.4 Å². The molecular formula is C10H11F2N3O3. The van der Waals surface area contributed by atoms with Crippen molar-refractivity contribution in [3.8, 4) is 0 Å². The van der Waals surface area contributed by atoms with Crippen LogP contribution in [0.1, 0.15) is 10.4 Å². The highest BCUT2D eigenvalue weighted by Gasteiger charge is 2.17. The molecule has 0 saturated heterocycles. The van der Waals surface area contributed by atoms with Gasteiger partial charge in [0.05, 0.1) is 11.3 Å². The second-order valence-electron chi connectivity index (χ2n) is 3.58. The van der Waals surface area contributed by atoms with Crippen molar-refractivity contribution in [2.24, 2.45) is 0 Å². The van der Waals surface area contributed by atoms with E-state index in [2.05, 4.69) is 10.7 Å². The van der Waals surface area contributed by atoms with Gasteiger partial charge in [-0.2, -0.15) is 0 Å². The molecule has 0 radical (unpaired) electrons. The van der Waals surface area contributed by atoms with Crippen molar-refractivity contribution in [1.29, 1.82) is 0 Å². The molecule has 0 aliphatic carbocycles. The van der Waals surface area contributed by atoms with Gasteiger partial charge in [-0.3, -0.25) is 5.43 Å². The van der Waals surface area contributed by atoms with Crippen LogP contribution in [0.25, 0.3) is 0 Å². The highest BCUT2D eigenvalue weighted by Crippen LogP contribution is 2.20.